The molecule has 0 radical (unpaired) electrons. The average molecular weight is 435 g/mol. The number of esters is 1. The van der Waals surface area contributed by atoms with Crippen molar-refractivity contribution >= 4 is 23.3 Å². The van der Waals surface area contributed by atoms with E-state index in [0.29, 0.717) is 17.0 Å². The molecule has 0 N–H and O–H groups in total. The summed E-state index contributed by atoms with van der Waals surface area (Å²) in [5.41, 5.74) is 1.75. The van der Waals surface area contributed by atoms with E-state index in [1.807, 2.05) is 0 Å². The quantitative estimate of drug-likeness (QED) is 0.286. The van der Waals surface area contributed by atoms with Gasteiger partial charge in [-0.1, -0.05) is 0 Å². The van der Waals surface area contributed by atoms with Crippen molar-refractivity contribution in [1.29, 1.82) is 0 Å². The summed E-state index contributed by atoms with van der Waals surface area (Å²) in [6.07, 6.45) is 3.27. The number of amides is 1. The minimum atomic E-state index is -0.509. The number of hydrogen-bond acceptors (Lipinski definition) is 7. The number of non-ortho nitro benzene ring substituents is 1. The van der Waals surface area contributed by atoms with Gasteiger partial charge in [0.2, 0.25) is 0 Å². The van der Waals surface area contributed by atoms with Crippen LogP contribution in [0.25, 0.3) is 0 Å². The Kier molecular flexibility index (Phi) is 7.47. The fraction of sp³-hybridized carbons (Fsp3) is 0.174. The molecule has 0 aliphatic carbocycles. The van der Waals surface area contributed by atoms with E-state index in [2.05, 4.69) is 4.98 Å². The summed E-state index contributed by atoms with van der Waals surface area (Å²) in [5, 5.41) is 10.8. The third-order valence-electron chi connectivity index (χ3n) is 4.49. The maximum atomic E-state index is 13.0. The third kappa shape index (κ3) is 5.88. The maximum Gasteiger partial charge on any atom is 0.338 e. The first kappa shape index (κ1) is 22.4. The molecule has 0 fully saturated rings. The van der Waals surface area contributed by atoms with Crippen molar-refractivity contribution in [2.75, 3.05) is 18.1 Å². The summed E-state index contributed by atoms with van der Waals surface area (Å²) < 4.78 is 10.5. The Morgan fingerprint density at radius 2 is 1.66 bits per heavy atom. The smallest absolute Gasteiger partial charge is 0.338 e. The topological polar surface area (TPSA) is 112 Å². The zero-order valence-corrected chi connectivity index (χ0v) is 17.3. The van der Waals surface area contributed by atoms with Crippen molar-refractivity contribution in [3.8, 4) is 5.75 Å². The first-order valence-corrected chi connectivity index (χ1v) is 9.81. The molecule has 0 aliphatic rings. The van der Waals surface area contributed by atoms with Crippen molar-refractivity contribution in [1.82, 2.24) is 4.98 Å². The fourth-order valence-corrected chi connectivity index (χ4v) is 2.87. The van der Waals surface area contributed by atoms with Gasteiger partial charge in [-0.2, -0.15) is 0 Å². The number of benzene rings is 2. The van der Waals surface area contributed by atoms with Gasteiger partial charge >= 0.3 is 5.97 Å². The van der Waals surface area contributed by atoms with E-state index in [0.717, 1.165) is 5.56 Å². The maximum absolute atomic E-state index is 13.0. The van der Waals surface area contributed by atoms with Gasteiger partial charge in [0.25, 0.3) is 11.6 Å². The van der Waals surface area contributed by atoms with Crippen molar-refractivity contribution in [3.05, 3.63) is 94.3 Å². The summed E-state index contributed by atoms with van der Waals surface area (Å²) in [6, 6.07) is 15.6. The van der Waals surface area contributed by atoms with Gasteiger partial charge < -0.3 is 14.4 Å². The van der Waals surface area contributed by atoms with Crippen LogP contribution in [0.5, 0.6) is 5.75 Å². The molecule has 32 heavy (non-hydrogen) atoms. The molecular weight excluding hydrogens is 414 g/mol. The average Bonchev–Trinajstić information content (AvgIpc) is 2.82. The molecule has 1 amide bonds. The molecule has 0 saturated heterocycles. The SMILES string of the molecule is CCOC(=O)c1ccc(N(Cc2ccncc2)C(=O)COc2ccc([N+](=O)[O-])cc2)cc1. The number of nitro groups is 1. The summed E-state index contributed by atoms with van der Waals surface area (Å²) in [7, 11) is 0. The fourth-order valence-electron chi connectivity index (χ4n) is 2.87. The Morgan fingerprint density at radius 3 is 2.25 bits per heavy atom. The number of pyridine rings is 1. The molecule has 2 aromatic carbocycles. The molecule has 0 spiro atoms. The zero-order chi connectivity index (χ0) is 22.9. The van der Waals surface area contributed by atoms with Crippen LogP contribution in [0.4, 0.5) is 11.4 Å². The Hall–Kier alpha value is -4.27. The minimum Gasteiger partial charge on any atom is -0.484 e. The monoisotopic (exact) mass is 435 g/mol. The normalized spacial score (nSPS) is 10.3. The zero-order valence-electron chi connectivity index (χ0n) is 17.3. The standard InChI is InChI=1S/C23H21N3O6/c1-2-31-23(28)18-3-5-19(6-4-18)25(15-17-11-13-24-14-12-17)22(27)16-32-21-9-7-20(8-10-21)26(29)30/h3-14H,2,15-16H2,1H3. The molecule has 164 valence electrons. The number of rotatable bonds is 9. The second kappa shape index (κ2) is 10.7. The lowest BCUT2D eigenvalue weighted by molar-refractivity contribution is -0.384. The molecule has 9 nitrogen and oxygen atoms in total. The number of nitrogens with zero attached hydrogens (tertiary/aromatic N) is 3. The van der Waals surface area contributed by atoms with E-state index in [1.165, 1.54) is 29.2 Å². The Bertz CT molecular complexity index is 1070. The van der Waals surface area contributed by atoms with Gasteiger partial charge in [0.1, 0.15) is 5.75 Å². The number of nitro benzene ring substituents is 1. The number of aromatic nitrogens is 1. The summed E-state index contributed by atoms with van der Waals surface area (Å²) in [6.45, 7) is 1.99. The lowest BCUT2D eigenvalue weighted by Gasteiger charge is -2.23. The lowest BCUT2D eigenvalue weighted by Crippen LogP contribution is -2.34. The van der Waals surface area contributed by atoms with Crippen LogP contribution in [0.15, 0.2) is 73.1 Å². The molecule has 1 heterocycles. The van der Waals surface area contributed by atoms with E-state index in [9.17, 15) is 19.7 Å². The van der Waals surface area contributed by atoms with Crippen molar-refractivity contribution in [3.63, 3.8) is 0 Å². The molecule has 0 bridgehead atoms. The van der Waals surface area contributed by atoms with E-state index in [1.54, 1.807) is 55.7 Å². The van der Waals surface area contributed by atoms with Crippen LogP contribution in [-0.2, 0) is 16.1 Å². The van der Waals surface area contributed by atoms with E-state index in [4.69, 9.17) is 9.47 Å². The highest BCUT2D eigenvalue weighted by atomic mass is 16.6. The third-order valence-corrected chi connectivity index (χ3v) is 4.49. The number of carbonyl (C=O) groups is 2. The van der Waals surface area contributed by atoms with Crippen molar-refractivity contribution in [2.45, 2.75) is 13.5 Å². The van der Waals surface area contributed by atoms with Crippen LogP contribution in [0.1, 0.15) is 22.8 Å². The van der Waals surface area contributed by atoms with Gasteiger partial charge in [-0.3, -0.25) is 19.9 Å². The van der Waals surface area contributed by atoms with Gasteiger partial charge in [0, 0.05) is 30.2 Å². The second-order valence-electron chi connectivity index (χ2n) is 6.64. The molecule has 9 heteroatoms. The lowest BCUT2D eigenvalue weighted by atomic mass is 10.1. The predicted molar refractivity (Wildman–Crippen MR) is 116 cm³/mol. The summed E-state index contributed by atoms with van der Waals surface area (Å²) in [5.74, 6) is -0.429. The first-order valence-electron chi connectivity index (χ1n) is 9.81. The highest BCUT2D eigenvalue weighted by Crippen LogP contribution is 2.21. The molecule has 3 aromatic rings. The number of ether oxygens (including phenoxy) is 2. The summed E-state index contributed by atoms with van der Waals surface area (Å²) >= 11 is 0. The van der Waals surface area contributed by atoms with E-state index in [-0.39, 0.29) is 31.4 Å². The van der Waals surface area contributed by atoms with Gasteiger partial charge in [-0.25, -0.2) is 4.79 Å². The molecule has 0 atom stereocenters. The molecule has 0 unspecified atom stereocenters. The molecule has 3 rings (SSSR count). The van der Waals surface area contributed by atoms with Crippen molar-refractivity contribution in [2.24, 2.45) is 0 Å². The van der Waals surface area contributed by atoms with Gasteiger partial charge in [-0.05, 0) is 61.0 Å². The molecule has 0 aliphatic heterocycles. The van der Waals surface area contributed by atoms with Crippen LogP contribution in [-0.4, -0.2) is 35.0 Å². The van der Waals surface area contributed by atoms with Gasteiger partial charge in [0.15, 0.2) is 6.61 Å². The first-order chi connectivity index (χ1) is 15.5. The Morgan fingerprint density at radius 1 is 1.00 bits per heavy atom. The van der Waals surface area contributed by atoms with Gasteiger partial charge in [-0.15, -0.1) is 0 Å². The van der Waals surface area contributed by atoms with Crippen LogP contribution in [0.3, 0.4) is 0 Å². The number of carbonyl (C=O) groups excluding carboxylic acids is 2. The van der Waals surface area contributed by atoms with Crippen molar-refractivity contribution < 1.29 is 24.0 Å². The number of anilines is 1. The van der Waals surface area contributed by atoms with Gasteiger partial charge in [0.05, 0.1) is 23.6 Å². The summed E-state index contributed by atoms with van der Waals surface area (Å²) in [4.78, 5) is 40.7. The molecule has 0 saturated carbocycles. The Balaban J connectivity index is 1.76. The van der Waals surface area contributed by atoms with Crippen LogP contribution in [0.2, 0.25) is 0 Å². The minimum absolute atomic E-state index is 0.0651. The van der Waals surface area contributed by atoms with Crippen LogP contribution < -0.4 is 9.64 Å². The largest absolute Gasteiger partial charge is 0.484 e. The highest BCUT2D eigenvalue weighted by Gasteiger charge is 2.18. The Labute approximate surface area is 184 Å². The predicted octanol–water partition coefficient (Wildman–Crippen LogP) is 3.78. The second-order valence-corrected chi connectivity index (χ2v) is 6.64. The molecular formula is C23H21N3O6. The highest BCUT2D eigenvalue weighted by molar-refractivity contribution is 5.95. The number of hydrogen-bond donors (Lipinski definition) is 0. The van der Waals surface area contributed by atoms with E-state index >= 15 is 0 Å². The van der Waals surface area contributed by atoms with E-state index < -0.39 is 10.9 Å². The molecule has 1 aromatic heterocycles. The van der Waals surface area contributed by atoms with Crippen LogP contribution >= 0.6 is 0 Å². The van der Waals surface area contributed by atoms with Crippen LogP contribution in [0, 0.1) is 10.1 Å².